The smallest absolute Gasteiger partial charge is 0.328 e. The molecule has 0 saturated heterocycles. The van der Waals surface area contributed by atoms with Crippen molar-refractivity contribution < 1.29 is 28.6 Å². The number of aromatic nitrogens is 2. The average molecular weight is 487 g/mol. The van der Waals surface area contributed by atoms with Crippen molar-refractivity contribution in [3.05, 3.63) is 95.3 Å². The van der Waals surface area contributed by atoms with E-state index in [0.717, 1.165) is 5.56 Å². The first kappa shape index (κ1) is 24.3. The number of nitrogens with zero attached hydrogens (tertiary/aromatic N) is 2. The molecule has 182 valence electrons. The molecule has 2 N–H and O–H groups in total. The highest BCUT2D eigenvalue weighted by Gasteiger charge is 2.26. The summed E-state index contributed by atoms with van der Waals surface area (Å²) in [5.74, 6) is -1.68. The van der Waals surface area contributed by atoms with Crippen molar-refractivity contribution in [2.24, 2.45) is 0 Å². The van der Waals surface area contributed by atoms with Gasteiger partial charge in [-0.1, -0.05) is 36.4 Å². The van der Waals surface area contributed by atoms with Crippen LogP contribution in [0.1, 0.15) is 16.1 Å². The highest BCUT2D eigenvalue weighted by Crippen LogP contribution is 2.39. The van der Waals surface area contributed by atoms with E-state index >= 15 is 0 Å². The van der Waals surface area contributed by atoms with Crippen LogP contribution in [0.4, 0.5) is 4.39 Å². The molecule has 1 aliphatic rings. The molecule has 4 rings (SSSR count). The van der Waals surface area contributed by atoms with Crippen LogP contribution in [0.2, 0.25) is 0 Å². The SMILES string of the molecule is COC(=O)[C@H](Cc1ccccc1)NC(=O)c1cc(-c2c(O)cccc2OC)n(C2=C=C=C(F)C=C2)n1. The summed E-state index contributed by atoms with van der Waals surface area (Å²) in [6, 6.07) is 14.3. The number of carbonyl (C=O) groups is 2. The fraction of sp³-hybridized carbons (Fsp3) is 0.148. The molecular weight excluding hydrogens is 465 g/mol. The van der Waals surface area contributed by atoms with E-state index in [1.165, 1.54) is 43.2 Å². The van der Waals surface area contributed by atoms with Gasteiger partial charge in [0.25, 0.3) is 5.91 Å². The molecule has 0 unspecified atom stereocenters. The number of hydrogen-bond donors (Lipinski definition) is 2. The Morgan fingerprint density at radius 2 is 1.89 bits per heavy atom. The lowest BCUT2D eigenvalue weighted by Crippen LogP contribution is -2.43. The van der Waals surface area contributed by atoms with E-state index in [9.17, 15) is 19.1 Å². The third kappa shape index (κ3) is 5.13. The molecule has 2 aromatic carbocycles. The quantitative estimate of drug-likeness (QED) is 0.370. The van der Waals surface area contributed by atoms with Gasteiger partial charge in [-0.3, -0.25) is 4.79 Å². The largest absolute Gasteiger partial charge is 0.507 e. The maximum atomic E-state index is 13.5. The lowest BCUT2D eigenvalue weighted by molar-refractivity contribution is -0.142. The van der Waals surface area contributed by atoms with Gasteiger partial charge < -0.3 is 19.9 Å². The Labute approximate surface area is 206 Å². The molecule has 1 aliphatic carbocycles. The normalized spacial score (nSPS) is 13.0. The van der Waals surface area contributed by atoms with E-state index in [0.29, 0.717) is 5.75 Å². The van der Waals surface area contributed by atoms with Crippen molar-refractivity contribution in [3.8, 4) is 22.8 Å². The Hall–Kier alpha value is -4.84. The minimum absolute atomic E-state index is 0.0602. The first-order valence-corrected chi connectivity index (χ1v) is 10.9. The van der Waals surface area contributed by atoms with Crippen LogP contribution >= 0.6 is 0 Å². The lowest BCUT2D eigenvalue weighted by Gasteiger charge is -2.16. The van der Waals surface area contributed by atoms with Crippen molar-refractivity contribution in [3.63, 3.8) is 0 Å². The van der Waals surface area contributed by atoms with Crippen LogP contribution in [-0.4, -0.2) is 47.0 Å². The molecule has 3 aromatic rings. The average Bonchev–Trinajstić information content (AvgIpc) is 3.33. The summed E-state index contributed by atoms with van der Waals surface area (Å²) in [6.07, 6.45) is 2.79. The fourth-order valence-electron chi connectivity index (χ4n) is 3.70. The minimum atomic E-state index is -0.969. The Morgan fingerprint density at radius 3 is 2.56 bits per heavy atom. The van der Waals surface area contributed by atoms with Crippen molar-refractivity contribution in [2.45, 2.75) is 12.5 Å². The second-order valence-corrected chi connectivity index (χ2v) is 7.74. The number of hydrogen-bond acceptors (Lipinski definition) is 6. The summed E-state index contributed by atoms with van der Waals surface area (Å²) in [4.78, 5) is 25.6. The Bertz CT molecular complexity index is 1450. The Morgan fingerprint density at radius 1 is 1.11 bits per heavy atom. The molecule has 0 saturated carbocycles. The predicted octanol–water partition coefficient (Wildman–Crippen LogP) is 3.80. The molecule has 0 spiro atoms. The summed E-state index contributed by atoms with van der Waals surface area (Å²) >= 11 is 0. The first-order valence-electron chi connectivity index (χ1n) is 10.9. The third-order valence-electron chi connectivity index (χ3n) is 5.42. The fourth-order valence-corrected chi connectivity index (χ4v) is 3.70. The molecule has 36 heavy (non-hydrogen) atoms. The molecule has 1 amide bonds. The van der Waals surface area contributed by atoms with Crippen LogP contribution in [0.5, 0.6) is 11.5 Å². The Kier molecular flexibility index (Phi) is 7.16. The van der Waals surface area contributed by atoms with Crippen LogP contribution in [0.25, 0.3) is 17.0 Å². The molecule has 1 aromatic heterocycles. The van der Waals surface area contributed by atoms with E-state index in [2.05, 4.69) is 21.9 Å². The van der Waals surface area contributed by atoms with E-state index < -0.39 is 23.7 Å². The van der Waals surface area contributed by atoms with E-state index in [-0.39, 0.29) is 34.8 Å². The minimum Gasteiger partial charge on any atom is -0.507 e. The molecule has 8 nitrogen and oxygen atoms in total. The van der Waals surface area contributed by atoms with Crippen LogP contribution < -0.4 is 10.1 Å². The number of amides is 1. The van der Waals surface area contributed by atoms with Gasteiger partial charge in [0.2, 0.25) is 0 Å². The molecule has 0 aliphatic heterocycles. The topological polar surface area (TPSA) is 103 Å². The highest BCUT2D eigenvalue weighted by atomic mass is 19.1. The molecular formula is C27H22FN3O5. The van der Waals surface area contributed by atoms with Gasteiger partial charge in [-0.05, 0) is 47.4 Å². The summed E-state index contributed by atoms with van der Waals surface area (Å²) in [5.41, 5.74) is 6.56. The summed E-state index contributed by atoms with van der Waals surface area (Å²) in [5, 5.41) is 17.6. The summed E-state index contributed by atoms with van der Waals surface area (Å²) in [7, 11) is 2.68. The third-order valence-corrected chi connectivity index (χ3v) is 5.42. The monoisotopic (exact) mass is 487 g/mol. The molecule has 0 fully saturated rings. The molecule has 1 atom stereocenters. The van der Waals surface area contributed by atoms with Crippen LogP contribution in [0.3, 0.4) is 0 Å². The number of ether oxygens (including phenoxy) is 2. The zero-order valence-corrected chi connectivity index (χ0v) is 19.5. The van der Waals surface area contributed by atoms with E-state index in [1.54, 1.807) is 12.1 Å². The standard InChI is InChI=1S/C27H22FN3O5/c1-35-24-10-6-9-23(32)25(24)22-16-20(30-31(22)19-13-11-18(28)12-14-19)26(33)29-21(27(34)36-2)15-17-7-4-3-5-8-17/h3-11,13,16,21,32H,15H2,1-2H3,(H,29,33)/t21-/m0/s1. The first-order chi connectivity index (χ1) is 17.4. The maximum absolute atomic E-state index is 13.5. The van der Waals surface area contributed by atoms with Gasteiger partial charge >= 0.3 is 5.97 Å². The van der Waals surface area contributed by atoms with Gasteiger partial charge in [-0.15, -0.1) is 0 Å². The number of nitrogens with one attached hydrogen (secondary N) is 1. The number of halogens is 1. The zero-order chi connectivity index (χ0) is 25.7. The Balaban J connectivity index is 1.76. The van der Waals surface area contributed by atoms with Gasteiger partial charge in [0.1, 0.15) is 23.2 Å². The second kappa shape index (κ2) is 10.6. The number of esters is 1. The van der Waals surface area contributed by atoms with E-state index in [1.807, 2.05) is 30.3 Å². The predicted molar refractivity (Wildman–Crippen MR) is 130 cm³/mol. The zero-order valence-electron chi connectivity index (χ0n) is 19.5. The van der Waals surface area contributed by atoms with Gasteiger partial charge in [-0.2, -0.15) is 9.49 Å². The number of phenolic OH excluding ortho intramolecular Hbond substituents is 1. The van der Waals surface area contributed by atoms with Crippen LogP contribution in [-0.2, 0) is 16.0 Å². The molecule has 9 heteroatoms. The number of rotatable bonds is 8. The number of aromatic hydroxyl groups is 1. The summed E-state index contributed by atoms with van der Waals surface area (Å²) in [6.45, 7) is 0. The lowest BCUT2D eigenvalue weighted by atomic mass is 10.1. The van der Waals surface area contributed by atoms with Gasteiger partial charge in [0.15, 0.2) is 11.5 Å². The van der Waals surface area contributed by atoms with E-state index in [4.69, 9.17) is 9.47 Å². The maximum Gasteiger partial charge on any atom is 0.328 e. The second-order valence-electron chi connectivity index (χ2n) is 7.74. The van der Waals surface area contributed by atoms with Crippen molar-refractivity contribution in [2.75, 3.05) is 14.2 Å². The summed E-state index contributed by atoms with van der Waals surface area (Å²) < 4.78 is 25.1. The van der Waals surface area contributed by atoms with Crippen molar-refractivity contribution in [1.29, 1.82) is 0 Å². The number of benzene rings is 2. The van der Waals surface area contributed by atoms with Crippen molar-refractivity contribution in [1.82, 2.24) is 15.1 Å². The van der Waals surface area contributed by atoms with Gasteiger partial charge in [0.05, 0.1) is 25.5 Å². The van der Waals surface area contributed by atoms with Gasteiger partial charge in [-0.25, -0.2) is 9.48 Å². The number of carbonyl (C=O) groups excluding carboxylic acids is 2. The number of methoxy groups -OCH3 is 2. The molecule has 0 radical (unpaired) electrons. The van der Waals surface area contributed by atoms with Crippen molar-refractivity contribution >= 4 is 17.6 Å². The molecule has 1 heterocycles. The number of allylic oxidation sites excluding steroid dienone is 4. The number of phenols is 1. The van der Waals surface area contributed by atoms with Crippen LogP contribution in [0.15, 0.2) is 84.0 Å². The van der Waals surface area contributed by atoms with Gasteiger partial charge in [0, 0.05) is 6.42 Å². The highest BCUT2D eigenvalue weighted by molar-refractivity contribution is 5.97. The van der Waals surface area contributed by atoms with Crippen LogP contribution in [0, 0.1) is 0 Å². The molecule has 0 bridgehead atoms.